The van der Waals surface area contributed by atoms with E-state index in [1.165, 1.54) is 180 Å². The van der Waals surface area contributed by atoms with Crippen molar-refractivity contribution >= 4 is 39.5 Å². The van der Waals surface area contributed by atoms with Crippen molar-refractivity contribution in [3.63, 3.8) is 0 Å². The quantitative estimate of drug-likeness (QED) is 0.0222. The molecule has 0 saturated heterocycles. The summed E-state index contributed by atoms with van der Waals surface area (Å²) in [6.45, 7) is 14.1. The molecule has 3 N–H and O–H groups in total. The average molecular weight is 1380 g/mol. The number of aliphatic hydroxyl groups excluding tert-OH is 1. The Morgan fingerprint density at radius 3 is 0.660 bits per heavy atom. The van der Waals surface area contributed by atoms with Crippen molar-refractivity contribution in [2.75, 3.05) is 39.6 Å². The molecule has 0 heterocycles. The lowest BCUT2D eigenvalue weighted by Crippen LogP contribution is -2.30. The molecule has 0 radical (unpaired) electrons. The number of carbonyl (C=O) groups is 4. The van der Waals surface area contributed by atoms with Crippen molar-refractivity contribution < 1.29 is 80.2 Å². The summed E-state index contributed by atoms with van der Waals surface area (Å²) in [4.78, 5) is 72.7. The lowest BCUT2D eigenvalue weighted by Gasteiger charge is -2.21. The summed E-state index contributed by atoms with van der Waals surface area (Å²) < 4.78 is 68.4. The average Bonchev–Trinajstić information content (AvgIpc) is 1.07. The Bertz CT molecular complexity index is 1850. The Morgan fingerprint density at radius 2 is 0.447 bits per heavy atom. The van der Waals surface area contributed by atoms with Crippen molar-refractivity contribution in [3.8, 4) is 0 Å². The van der Waals surface area contributed by atoms with Gasteiger partial charge in [0.1, 0.15) is 19.3 Å². The number of ether oxygens (including phenoxy) is 4. The summed E-state index contributed by atoms with van der Waals surface area (Å²) >= 11 is 0. The third-order valence-corrected chi connectivity index (χ3v) is 19.2. The van der Waals surface area contributed by atoms with Crippen molar-refractivity contribution in [2.45, 2.75) is 395 Å². The van der Waals surface area contributed by atoms with E-state index in [1.807, 2.05) is 0 Å². The van der Waals surface area contributed by atoms with Crippen molar-refractivity contribution in [1.29, 1.82) is 0 Å². The van der Waals surface area contributed by atoms with Crippen LogP contribution in [-0.4, -0.2) is 96.7 Å². The van der Waals surface area contributed by atoms with Crippen LogP contribution >= 0.6 is 15.6 Å². The molecule has 0 aromatic heterocycles. The van der Waals surface area contributed by atoms with Crippen LogP contribution in [0, 0.1) is 23.7 Å². The van der Waals surface area contributed by atoms with Crippen LogP contribution in [0.1, 0.15) is 376 Å². The Morgan fingerprint density at radius 1 is 0.266 bits per heavy atom. The second kappa shape index (κ2) is 64.4. The van der Waals surface area contributed by atoms with Crippen LogP contribution in [0.3, 0.4) is 0 Å². The Labute approximate surface area is 575 Å². The third-order valence-electron chi connectivity index (χ3n) is 17.3. The minimum absolute atomic E-state index is 0.101. The van der Waals surface area contributed by atoms with Gasteiger partial charge >= 0.3 is 39.5 Å². The van der Waals surface area contributed by atoms with Gasteiger partial charge in [0, 0.05) is 25.7 Å². The lowest BCUT2D eigenvalue weighted by molar-refractivity contribution is -0.161. The summed E-state index contributed by atoms with van der Waals surface area (Å²) in [5, 5.41) is 10.6. The van der Waals surface area contributed by atoms with Gasteiger partial charge in [-0.15, -0.1) is 0 Å². The highest BCUT2D eigenvalue weighted by Gasteiger charge is 2.30. The smallest absolute Gasteiger partial charge is 0.462 e. The molecule has 0 aliphatic heterocycles. The Hall–Kier alpha value is -1.94. The van der Waals surface area contributed by atoms with Gasteiger partial charge in [0.05, 0.1) is 26.4 Å². The molecule has 0 spiro atoms. The second-order valence-corrected chi connectivity index (χ2v) is 31.9. The maximum absolute atomic E-state index is 13.1. The predicted octanol–water partition coefficient (Wildman–Crippen LogP) is 21.7. The van der Waals surface area contributed by atoms with E-state index in [4.69, 9.17) is 37.0 Å². The molecule has 0 rings (SSSR count). The Balaban J connectivity index is 5.22. The van der Waals surface area contributed by atoms with Crippen molar-refractivity contribution in [3.05, 3.63) is 0 Å². The molecular weight excluding hydrogens is 1230 g/mol. The molecular formula is C75H146O17P2. The molecule has 3 unspecified atom stereocenters. The molecule has 0 aliphatic rings. The first-order valence-electron chi connectivity index (χ1n) is 38.7. The van der Waals surface area contributed by atoms with Gasteiger partial charge in [-0.2, -0.15) is 0 Å². The lowest BCUT2D eigenvalue weighted by atomic mass is 10.0. The molecule has 558 valence electrons. The highest BCUT2D eigenvalue weighted by molar-refractivity contribution is 7.47. The first-order valence-corrected chi connectivity index (χ1v) is 41.7. The van der Waals surface area contributed by atoms with Gasteiger partial charge in [-0.1, -0.05) is 325 Å². The van der Waals surface area contributed by atoms with Gasteiger partial charge < -0.3 is 33.8 Å². The predicted molar refractivity (Wildman–Crippen MR) is 381 cm³/mol. The van der Waals surface area contributed by atoms with E-state index < -0.39 is 97.5 Å². The van der Waals surface area contributed by atoms with E-state index in [0.29, 0.717) is 31.6 Å². The highest BCUT2D eigenvalue weighted by atomic mass is 31.2. The normalized spacial score (nSPS) is 14.2. The number of hydrogen-bond donors (Lipinski definition) is 3. The third kappa shape index (κ3) is 68.6. The second-order valence-electron chi connectivity index (χ2n) is 28.9. The van der Waals surface area contributed by atoms with Gasteiger partial charge in [0.15, 0.2) is 12.2 Å². The zero-order chi connectivity index (χ0) is 69.6. The van der Waals surface area contributed by atoms with Gasteiger partial charge in [0.2, 0.25) is 0 Å². The van der Waals surface area contributed by atoms with Crippen molar-refractivity contribution in [1.82, 2.24) is 0 Å². The van der Waals surface area contributed by atoms with Gasteiger partial charge in [-0.25, -0.2) is 9.13 Å². The van der Waals surface area contributed by atoms with Crippen LogP contribution in [0.5, 0.6) is 0 Å². The molecule has 0 aromatic carbocycles. The molecule has 5 atom stereocenters. The van der Waals surface area contributed by atoms with E-state index in [9.17, 15) is 43.2 Å². The molecule has 19 heteroatoms. The number of unbranched alkanes of at least 4 members (excludes halogenated alkanes) is 38. The number of rotatable bonds is 72. The maximum atomic E-state index is 13.1. The van der Waals surface area contributed by atoms with Gasteiger partial charge in [-0.3, -0.25) is 37.3 Å². The van der Waals surface area contributed by atoms with Gasteiger partial charge in [-0.05, 0) is 49.4 Å². The standard InChI is InChI=1S/C75H146O17P2/c1-65(2)51-43-35-27-21-17-13-10-9-11-15-20-24-32-41-49-57-74(79)91-70(61-85-72(77)55-47-39-30-23-19-16-12-14-18-22-28-36-44-52-66(3)4)63-89-93(81,82)87-59-69(76)60-88-94(83,84)90-64-71(92-75(80)58-50-42-34-33-38-46-54-68(7)8)62-86-73(78)56-48-40-31-26-25-29-37-45-53-67(5)6/h65-71,76H,9-64H2,1-8H3,(H,81,82)(H,83,84)/t69?,70-,71-/m1/s1. The van der Waals surface area contributed by atoms with Crippen LogP contribution in [0.4, 0.5) is 0 Å². The van der Waals surface area contributed by atoms with Crippen LogP contribution in [0.15, 0.2) is 0 Å². The van der Waals surface area contributed by atoms with Gasteiger partial charge in [0.25, 0.3) is 0 Å². The summed E-state index contributed by atoms with van der Waals surface area (Å²) in [5.74, 6) is 0.863. The minimum Gasteiger partial charge on any atom is -0.462 e. The zero-order valence-corrected chi connectivity index (χ0v) is 63.4. The highest BCUT2D eigenvalue weighted by Crippen LogP contribution is 2.45. The van der Waals surface area contributed by atoms with E-state index in [1.54, 1.807) is 0 Å². The summed E-state index contributed by atoms with van der Waals surface area (Å²) in [6.07, 6.45) is 48.8. The van der Waals surface area contributed by atoms with E-state index in [-0.39, 0.29) is 25.7 Å². The number of carbonyl (C=O) groups excluding carboxylic acids is 4. The first kappa shape index (κ1) is 92.1. The van der Waals surface area contributed by atoms with Crippen LogP contribution in [0.25, 0.3) is 0 Å². The number of esters is 4. The molecule has 0 amide bonds. The van der Waals surface area contributed by atoms with Crippen LogP contribution < -0.4 is 0 Å². The fraction of sp³-hybridized carbons (Fsp3) is 0.947. The minimum atomic E-state index is -4.96. The summed E-state index contributed by atoms with van der Waals surface area (Å²) in [5.41, 5.74) is 0. The number of phosphoric acid groups is 2. The monoisotopic (exact) mass is 1380 g/mol. The molecule has 0 bridgehead atoms. The molecule has 0 fully saturated rings. The fourth-order valence-electron chi connectivity index (χ4n) is 11.4. The van der Waals surface area contributed by atoms with Crippen molar-refractivity contribution in [2.24, 2.45) is 23.7 Å². The molecule has 0 saturated carbocycles. The SMILES string of the molecule is CC(C)CCCCCCCCCCCCCCCCCC(=O)O[C@H](COC(=O)CCCCCCCCCCCCCCCC(C)C)COP(=O)(O)OCC(O)COP(=O)(O)OC[C@@H](COC(=O)CCCCCCCCCCC(C)C)OC(=O)CCCCCCCCC(C)C. The zero-order valence-electron chi connectivity index (χ0n) is 61.6. The topological polar surface area (TPSA) is 237 Å². The largest absolute Gasteiger partial charge is 0.472 e. The van der Waals surface area contributed by atoms with E-state index >= 15 is 0 Å². The number of phosphoric ester groups is 2. The first-order chi connectivity index (χ1) is 45.1. The van der Waals surface area contributed by atoms with Crippen LogP contribution in [-0.2, 0) is 65.4 Å². The number of aliphatic hydroxyl groups is 1. The maximum Gasteiger partial charge on any atom is 0.472 e. The molecule has 17 nitrogen and oxygen atoms in total. The summed E-state index contributed by atoms with van der Waals surface area (Å²) in [6, 6.07) is 0. The molecule has 94 heavy (non-hydrogen) atoms. The fourth-order valence-corrected chi connectivity index (χ4v) is 13.0. The van der Waals surface area contributed by atoms with E-state index in [0.717, 1.165) is 108 Å². The van der Waals surface area contributed by atoms with Crippen LogP contribution in [0.2, 0.25) is 0 Å². The van der Waals surface area contributed by atoms with E-state index in [2.05, 4.69) is 55.4 Å². The summed E-state index contributed by atoms with van der Waals surface area (Å²) in [7, 11) is -9.91. The number of hydrogen-bond acceptors (Lipinski definition) is 15. The molecule has 0 aromatic rings. The molecule has 0 aliphatic carbocycles. The Kier molecular flexibility index (Phi) is 63.1.